The van der Waals surface area contributed by atoms with Crippen molar-refractivity contribution < 1.29 is 29.2 Å². The van der Waals surface area contributed by atoms with Gasteiger partial charge < -0.3 is 5.11 Å². The first-order chi connectivity index (χ1) is 23.6. The molecule has 0 radical (unpaired) electrons. The summed E-state index contributed by atoms with van der Waals surface area (Å²) in [4.78, 5) is 71.4. The van der Waals surface area contributed by atoms with Gasteiger partial charge in [-0.05, 0) is 66.3 Å². The minimum atomic E-state index is -1.46. The van der Waals surface area contributed by atoms with E-state index in [1.807, 2.05) is 36.4 Å². The van der Waals surface area contributed by atoms with Gasteiger partial charge in [0, 0.05) is 23.1 Å². The Hall–Kier alpha value is -5.61. The van der Waals surface area contributed by atoms with Gasteiger partial charge in [-0.25, -0.2) is 9.80 Å². The van der Waals surface area contributed by atoms with E-state index in [9.17, 15) is 29.6 Å². The first-order valence-corrected chi connectivity index (χ1v) is 16.3. The normalized spacial score (nSPS) is 27.4. The second-order valence-electron chi connectivity index (χ2n) is 13.0. The molecule has 1 N–H and O–H groups in total. The van der Waals surface area contributed by atoms with Crippen molar-refractivity contribution in [1.82, 2.24) is 0 Å². The van der Waals surface area contributed by atoms with Gasteiger partial charge in [-0.2, -0.15) is 0 Å². The second kappa shape index (κ2) is 11.2. The summed E-state index contributed by atoms with van der Waals surface area (Å²) in [6.45, 7) is 0. The van der Waals surface area contributed by atoms with Crippen molar-refractivity contribution in [2.45, 2.75) is 24.2 Å². The molecule has 2 heterocycles. The highest BCUT2D eigenvalue weighted by atomic mass is 35.5. The van der Waals surface area contributed by atoms with Crippen molar-refractivity contribution in [3.8, 4) is 5.75 Å². The highest BCUT2D eigenvalue weighted by molar-refractivity contribution is 6.32. The Morgan fingerprint density at radius 2 is 1.49 bits per heavy atom. The number of nitro groups is 1. The summed E-state index contributed by atoms with van der Waals surface area (Å²) in [7, 11) is 0. The molecule has 0 spiro atoms. The Morgan fingerprint density at radius 1 is 0.776 bits per heavy atom. The number of aromatic hydroxyl groups is 1. The minimum Gasteiger partial charge on any atom is -0.508 e. The fraction of sp³-hybridized carbons (Fsp3) is 0.211. The third-order valence-corrected chi connectivity index (χ3v) is 10.9. The predicted molar refractivity (Wildman–Crippen MR) is 180 cm³/mol. The van der Waals surface area contributed by atoms with Crippen LogP contribution in [0.25, 0.3) is 0 Å². The number of halogens is 1. The Kier molecular flexibility index (Phi) is 7.04. The van der Waals surface area contributed by atoms with Crippen LogP contribution in [-0.4, -0.2) is 33.7 Å². The average Bonchev–Trinajstić information content (AvgIpc) is 3.49. The van der Waals surface area contributed by atoms with Crippen LogP contribution in [-0.2, 0) is 24.6 Å². The number of rotatable bonds is 5. The zero-order chi connectivity index (χ0) is 34.2. The number of phenols is 1. The third kappa shape index (κ3) is 4.40. The smallest absolute Gasteiger partial charge is 0.271 e. The number of amides is 4. The molecule has 2 saturated heterocycles. The number of hydrogen-bond acceptors (Lipinski definition) is 7. The van der Waals surface area contributed by atoms with Crippen molar-refractivity contribution >= 4 is 52.3 Å². The molecule has 1 saturated carbocycles. The molecule has 244 valence electrons. The lowest BCUT2D eigenvalue weighted by Gasteiger charge is -2.50. The van der Waals surface area contributed by atoms with Crippen molar-refractivity contribution in [3.63, 3.8) is 0 Å². The van der Waals surface area contributed by atoms with Gasteiger partial charge >= 0.3 is 0 Å². The largest absolute Gasteiger partial charge is 0.508 e. The zero-order valence-electron chi connectivity index (χ0n) is 25.8. The summed E-state index contributed by atoms with van der Waals surface area (Å²) in [5.41, 5.74) is 0.656. The van der Waals surface area contributed by atoms with Gasteiger partial charge in [0.25, 0.3) is 5.69 Å². The van der Waals surface area contributed by atoms with E-state index >= 15 is 4.79 Å². The van der Waals surface area contributed by atoms with Crippen LogP contribution in [0.15, 0.2) is 115 Å². The Balaban J connectivity index is 1.33. The van der Waals surface area contributed by atoms with E-state index in [-0.39, 0.29) is 30.0 Å². The van der Waals surface area contributed by atoms with Crippen molar-refractivity contribution in [1.29, 1.82) is 0 Å². The second-order valence-corrected chi connectivity index (χ2v) is 13.4. The molecule has 2 aliphatic carbocycles. The summed E-state index contributed by atoms with van der Waals surface area (Å²) in [5, 5.41) is 22.6. The van der Waals surface area contributed by atoms with Gasteiger partial charge in [-0.1, -0.05) is 77.8 Å². The molecule has 0 unspecified atom stereocenters. The zero-order valence-corrected chi connectivity index (χ0v) is 26.6. The van der Waals surface area contributed by atoms with Gasteiger partial charge in [0.15, 0.2) is 0 Å². The summed E-state index contributed by atoms with van der Waals surface area (Å²) in [6, 6.07) is 27.7. The summed E-state index contributed by atoms with van der Waals surface area (Å²) in [6.07, 6.45) is 2.21. The highest BCUT2D eigenvalue weighted by Gasteiger charge is 2.70. The molecule has 0 aromatic heterocycles. The number of nitrogens with zero attached hydrogens (tertiary/aromatic N) is 3. The molecule has 4 aromatic rings. The number of imide groups is 2. The van der Waals surface area contributed by atoms with E-state index in [0.717, 1.165) is 10.5 Å². The van der Waals surface area contributed by atoms with Gasteiger partial charge in [-0.3, -0.25) is 29.3 Å². The average molecular weight is 674 g/mol. The molecule has 49 heavy (non-hydrogen) atoms. The maximum Gasteiger partial charge on any atom is 0.271 e. The first kappa shape index (κ1) is 30.7. The fourth-order valence-electron chi connectivity index (χ4n) is 8.82. The molecule has 4 aromatic carbocycles. The highest BCUT2D eigenvalue weighted by Crippen LogP contribution is 2.64. The maximum absolute atomic E-state index is 15.2. The predicted octanol–water partition coefficient (Wildman–Crippen LogP) is 6.32. The SMILES string of the molecule is O=C1[C@H]2[C@H](CC=C3[C@H]2C[C@H]2C(=O)N(c4cccc(Cl)c4)C(=O)[C@@]2(c2ccccc2)[C@H]3c2cccc(O)c2)C(=O)N1c1cccc([N+](=O)[O-])c1. The molecule has 2 aliphatic heterocycles. The van der Waals surface area contributed by atoms with Gasteiger partial charge in [-0.15, -0.1) is 0 Å². The van der Waals surface area contributed by atoms with E-state index < -0.39 is 63.6 Å². The fourth-order valence-corrected chi connectivity index (χ4v) is 9.01. The number of fused-ring (bicyclic) bond motifs is 4. The van der Waals surface area contributed by atoms with Crippen LogP contribution >= 0.6 is 11.6 Å². The van der Waals surface area contributed by atoms with Crippen molar-refractivity contribution in [2.24, 2.45) is 23.7 Å². The molecule has 3 fully saturated rings. The van der Waals surface area contributed by atoms with E-state index in [2.05, 4.69) is 0 Å². The van der Waals surface area contributed by atoms with Crippen LogP contribution in [0.1, 0.15) is 29.9 Å². The topological polar surface area (TPSA) is 138 Å². The summed E-state index contributed by atoms with van der Waals surface area (Å²) < 4.78 is 0. The lowest BCUT2D eigenvalue weighted by Crippen LogP contribution is -2.53. The van der Waals surface area contributed by atoms with E-state index in [0.29, 0.717) is 21.8 Å². The van der Waals surface area contributed by atoms with Crippen LogP contribution in [0.2, 0.25) is 5.02 Å². The standard InChI is InChI=1S/C38H28ClN3O7/c39-23-10-5-11-24(18-23)41-35(45)31-20-30-28(15-16-29-32(30)36(46)40(34(29)44)25-12-6-13-26(19-25)42(48)49)33(21-7-4-14-27(43)17-21)38(31,37(41)47)22-8-2-1-3-9-22/h1-15,17-19,29-33,43H,16,20H2/t29-,30+,31-,32-,33-,38+/m0/s1. The number of carbonyl (C=O) groups excluding carboxylic acids is 4. The van der Waals surface area contributed by atoms with Crippen molar-refractivity contribution in [2.75, 3.05) is 9.80 Å². The van der Waals surface area contributed by atoms with E-state index in [4.69, 9.17) is 11.6 Å². The number of carbonyl (C=O) groups is 4. The summed E-state index contributed by atoms with van der Waals surface area (Å²) >= 11 is 6.35. The van der Waals surface area contributed by atoms with Crippen LogP contribution in [0.4, 0.5) is 17.1 Å². The molecule has 8 rings (SSSR count). The number of benzene rings is 4. The third-order valence-electron chi connectivity index (χ3n) is 10.7. The van der Waals surface area contributed by atoms with Crippen LogP contribution in [0.3, 0.4) is 0 Å². The minimum absolute atomic E-state index is 0.0268. The number of phenolic OH excluding ortho intramolecular Hbond substituents is 1. The van der Waals surface area contributed by atoms with E-state index in [1.165, 1.54) is 35.2 Å². The number of anilines is 2. The number of hydrogen-bond donors (Lipinski definition) is 1. The van der Waals surface area contributed by atoms with Gasteiger partial charge in [0.1, 0.15) is 5.75 Å². The number of allylic oxidation sites excluding steroid dienone is 2. The number of non-ortho nitro benzene ring substituents is 1. The quantitative estimate of drug-likeness (QED) is 0.113. The Morgan fingerprint density at radius 3 is 2.20 bits per heavy atom. The molecular weight excluding hydrogens is 646 g/mol. The molecule has 4 aliphatic rings. The van der Waals surface area contributed by atoms with Crippen molar-refractivity contribution in [3.05, 3.63) is 141 Å². The number of nitro benzene ring substituents is 1. The lowest BCUT2D eigenvalue weighted by molar-refractivity contribution is -0.384. The van der Waals surface area contributed by atoms with Gasteiger partial charge in [0.2, 0.25) is 23.6 Å². The molecular formula is C38H28ClN3O7. The monoisotopic (exact) mass is 673 g/mol. The molecule has 4 amide bonds. The summed E-state index contributed by atoms with van der Waals surface area (Å²) in [5.74, 6) is -5.89. The van der Waals surface area contributed by atoms with Gasteiger partial charge in [0.05, 0.1) is 39.5 Å². The lowest BCUT2D eigenvalue weighted by atomic mass is 9.49. The molecule has 6 atom stereocenters. The van der Waals surface area contributed by atoms with Crippen LogP contribution < -0.4 is 9.80 Å². The van der Waals surface area contributed by atoms with E-state index in [1.54, 1.807) is 42.5 Å². The maximum atomic E-state index is 15.2. The first-order valence-electron chi connectivity index (χ1n) is 15.9. The Labute approximate surface area is 285 Å². The molecule has 11 heteroatoms. The molecule has 0 bridgehead atoms. The van der Waals surface area contributed by atoms with Crippen LogP contribution in [0, 0.1) is 33.8 Å². The molecule has 10 nitrogen and oxygen atoms in total. The van der Waals surface area contributed by atoms with Crippen LogP contribution in [0.5, 0.6) is 5.75 Å². The Bertz CT molecular complexity index is 2130.